The molecule has 0 aliphatic heterocycles. The highest BCUT2D eigenvalue weighted by Gasteiger charge is 2.24. The normalized spacial score (nSPS) is 14.4. The summed E-state index contributed by atoms with van der Waals surface area (Å²) in [7, 11) is -0.561. The molecule has 0 saturated heterocycles. The van der Waals surface area contributed by atoms with Crippen LogP contribution in [0.1, 0.15) is 44.6 Å². The molecule has 0 aromatic heterocycles. The van der Waals surface area contributed by atoms with Gasteiger partial charge >= 0.3 is 0 Å². The number of hydrogen-bond donors (Lipinski definition) is 1. The fourth-order valence-electron chi connectivity index (χ4n) is 3.21. The smallest absolute Gasteiger partial charge is 0.249 e. The van der Waals surface area contributed by atoms with Crippen molar-refractivity contribution in [1.29, 1.82) is 0 Å². The highest BCUT2D eigenvalue weighted by molar-refractivity contribution is 6.66. The molecule has 0 saturated carbocycles. The van der Waals surface area contributed by atoms with Gasteiger partial charge in [0.15, 0.2) is 0 Å². The summed E-state index contributed by atoms with van der Waals surface area (Å²) in [6.07, 6.45) is 5.35. The molecule has 21 heavy (non-hydrogen) atoms. The Kier molecular flexibility index (Phi) is 4.24. The largest absolute Gasteiger partial charge is 0.366 e. The molecule has 0 heterocycles. The second-order valence-electron chi connectivity index (χ2n) is 6.11. The van der Waals surface area contributed by atoms with Gasteiger partial charge in [0, 0.05) is 0 Å². The molecule has 1 radical (unpaired) electrons. The molecule has 2 nitrogen and oxygen atoms in total. The molecule has 0 atom stereocenters. The third kappa shape index (κ3) is 2.51. The van der Waals surface area contributed by atoms with Gasteiger partial charge in [-0.15, -0.1) is 0 Å². The van der Waals surface area contributed by atoms with Gasteiger partial charge in [0.05, 0.1) is 14.4 Å². The van der Waals surface area contributed by atoms with Gasteiger partial charge in [-0.25, -0.2) is 0 Å². The average Bonchev–Trinajstić information content (AvgIpc) is 2.88. The van der Waals surface area contributed by atoms with Crippen molar-refractivity contribution in [3.63, 3.8) is 0 Å². The van der Waals surface area contributed by atoms with Crippen LogP contribution in [-0.4, -0.2) is 14.7 Å². The van der Waals surface area contributed by atoms with Gasteiger partial charge in [-0.2, -0.15) is 0 Å². The molecule has 0 unspecified atom stereocenters. The highest BCUT2D eigenvalue weighted by Crippen LogP contribution is 2.38. The first-order chi connectivity index (χ1) is 9.77. The lowest BCUT2D eigenvalue weighted by atomic mass is 9.85. The van der Waals surface area contributed by atoms with Crippen molar-refractivity contribution in [2.45, 2.75) is 47.2 Å². The Morgan fingerprint density at radius 3 is 2.14 bits per heavy atom. The van der Waals surface area contributed by atoms with Gasteiger partial charge in [0.2, 0.25) is 5.91 Å². The molecule has 0 fully saturated rings. The lowest BCUT2D eigenvalue weighted by Crippen LogP contribution is -2.19. The Morgan fingerprint density at radius 2 is 1.62 bits per heavy atom. The van der Waals surface area contributed by atoms with Crippen molar-refractivity contribution < 1.29 is 4.79 Å². The fraction of sp³-hybridized carbons (Fsp3) is 0.389. The van der Waals surface area contributed by atoms with E-state index < -0.39 is 8.80 Å². The molecule has 1 aliphatic carbocycles. The van der Waals surface area contributed by atoms with Crippen molar-refractivity contribution >= 4 is 20.3 Å². The fourth-order valence-corrected chi connectivity index (χ4v) is 4.49. The van der Waals surface area contributed by atoms with Gasteiger partial charge in [0.25, 0.3) is 0 Å². The minimum atomic E-state index is -0.561. The molecule has 2 N–H and O–H groups in total. The van der Waals surface area contributed by atoms with Crippen molar-refractivity contribution in [1.82, 2.24) is 0 Å². The van der Waals surface area contributed by atoms with E-state index in [1.807, 2.05) is 6.92 Å². The lowest BCUT2D eigenvalue weighted by Gasteiger charge is -2.21. The molecule has 1 aromatic carbocycles. The summed E-state index contributed by atoms with van der Waals surface area (Å²) in [6, 6.07) is 0. The number of carbonyl (C=O) groups is 1. The van der Waals surface area contributed by atoms with Crippen molar-refractivity contribution in [3.8, 4) is 0 Å². The molecule has 0 spiro atoms. The van der Waals surface area contributed by atoms with Gasteiger partial charge in [-0.3, -0.25) is 4.79 Å². The second kappa shape index (κ2) is 5.64. The molecule has 3 heteroatoms. The topological polar surface area (TPSA) is 43.1 Å². The summed E-state index contributed by atoms with van der Waals surface area (Å²) in [4.78, 5) is 12.1. The van der Waals surface area contributed by atoms with E-state index >= 15 is 0 Å². The minimum absolute atomic E-state index is 0.312. The summed E-state index contributed by atoms with van der Waals surface area (Å²) in [5, 5.41) is 1.42. The minimum Gasteiger partial charge on any atom is -0.366 e. The maximum Gasteiger partial charge on any atom is 0.249 e. The molecule has 1 amide bonds. The molecular formula is C18H24NOSi. The van der Waals surface area contributed by atoms with Crippen LogP contribution < -0.4 is 5.73 Å². The standard InChI is InChI=1S/C18H24NOSi/c1-10-11(2)13(4)17(18(19)20)16(12(10)3)14-8-7-9-15(14)21(5)6/h7,9H,8H2,1-6H3,(H2,19,20). The summed E-state index contributed by atoms with van der Waals surface area (Å²) < 4.78 is 0. The number of benzene rings is 1. The van der Waals surface area contributed by atoms with Gasteiger partial charge in [-0.05, 0) is 67.5 Å². The summed E-state index contributed by atoms with van der Waals surface area (Å²) in [5.74, 6) is -0.312. The number of rotatable bonds is 3. The van der Waals surface area contributed by atoms with E-state index in [0.29, 0.717) is 0 Å². The number of nitrogens with two attached hydrogens (primary N) is 1. The maximum atomic E-state index is 12.1. The van der Waals surface area contributed by atoms with Crippen LogP contribution in [0.2, 0.25) is 13.1 Å². The maximum absolute atomic E-state index is 12.1. The van der Waals surface area contributed by atoms with Crippen LogP contribution >= 0.6 is 0 Å². The van der Waals surface area contributed by atoms with Crippen LogP contribution in [0.25, 0.3) is 5.57 Å². The Labute approximate surface area is 129 Å². The van der Waals surface area contributed by atoms with Crippen LogP contribution in [0.15, 0.2) is 17.3 Å². The van der Waals surface area contributed by atoms with Crippen molar-refractivity contribution in [2.24, 2.45) is 5.73 Å². The first-order valence-electron chi connectivity index (χ1n) is 7.38. The number of hydrogen-bond acceptors (Lipinski definition) is 1. The molecule has 111 valence electrons. The first-order valence-corrected chi connectivity index (χ1v) is 9.88. The van der Waals surface area contributed by atoms with Crippen LogP contribution in [0.5, 0.6) is 0 Å². The van der Waals surface area contributed by atoms with Crippen LogP contribution in [-0.2, 0) is 0 Å². The van der Waals surface area contributed by atoms with E-state index in [0.717, 1.165) is 23.1 Å². The Hall–Kier alpha value is -1.61. The Balaban J connectivity index is 2.87. The van der Waals surface area contributed by atoms with E-state index in [4.69, 9.17) is 5.73 Å². The third-order valence-electron chi connectivity index (χ3n) is 4.71. The van der Waals surface area contributed by atoms with E-state index in [-0.39, 0.29) is 5.91 Å². The van der Waals surface area contributed by atoms with Crippen LogP contribution in [0.3, 0.4) is 0 Å². The van der Waals surface area contributed by atoms with Gasteiger partial charge < -0.3 is 5.73 Å². The SMILES string of the molecule is Cc1c(C)c(C)c(C2=C([Si](C)C)C=CC2)c(C(N)=O)c1C. The Bertz CT molecular complexity index is 681. The quantitative estimate of drug-likeness (QED) is 0.841. The third-order valence-corrected chi connectivity index (χ3v) is 6.25. The van der Waals surface area contributed by atoms with E-state index in [1.165, 1.54) is 27.5 Å². The van der Waals surface area contributed by atoms with Crippen LogP contribution in [0, 0.1) is 27.7 Å². The lowest BCUT2D eigenvalue weighted by molar-refractivity contribution is 0.0999. The highest BCUT2D eigenvalue weighted by atomic mass is 28.3. The van der Waals surface area contributed by atoms with Crippen molar-refractivity contribution in [2.75, 3.05) is 0 Å². The summed E-state index contributed by atoms with van der Waals surface area (Å²) in [6.45, 7) is 12.9. The number of carbonyl (C=O) groups excluding carboxylic acids is 1. The van der Waals surface area contributed by atoms with Crippen LogP contribution in [0.4, 0.5) is 0 Å². The van der Waals surface area contributed by atoms with Crippen molar-refractivity contribution in [3.05, 3.63) is 50.7 Å². The van der Waals surface area contributed by atoms with E-state index in [2.05, 4.69) is 46.0 Å². The average molecular weight is 298 g/mol. The molecule has 1 aromatic rings. The summed E-state index contributed by atoms with van der Waals surface area (Å²) in [5.41, 5.74) is 13.5. The number of primary amides is 1. The number of allylic oxidation sites excluding steroid dienone is 4. The zero-order chi connectivity index (χ0) is 15.9. The predicted octanol–water partition coefficient (Wildman–Crippen LogP) is 4.03. The molecular weight excluding hydrogens is 274 g/mol. The molecule has 0 bridgehead atoms. The number of amides is 1. The monoisotopic (exact) mass is 298 g/mol. The van der Waals surface area contributed by atoms with E-state index in [1.54, 1.807) is 0 Å². The van der Waals surface area contributed by atoms with Gasteiger partial charge in [-0.1, -0.05) is 30.4 Å². The van der Waals surface area contributed by atoms with E-state index in [9.17, 15) is 4.79 Å². The summed E-state index contributed by atoms with van der Waals surface area (Å²) >= 11 is 0. The molecule has 1 aliphatic rings. The second-order valence-corrected chi connectivity index (χ2v) is 8.65. The van der Waals surface area contributed by atoms with Gasteiger partial charge in [0.1, 0.15) is 0 Å². The Morgan fingerprint density at radius 1 is 1.05 bits per heavy atom. The molecule has 2 rings (SSSR count). The predicted molar refractivity (Wildman–Crippen MR) is 92.1 cm³/mol. The first kappa shape index (κ1) is 15.8. The zero-order valence-corrected chi connectivity index (χ0v) is 14.8. The zero-order valence-electron chi connectivity index (χ0n) is 13.8.